The monoisotopic (exact) mass is 312 g/mol. The number of ether oxygens (including phenoxy) is 1. The van der Waals surface area contributed by atoms with Crippen molar-refractivity contribution in [3.05, 3.63) is 29.8 Å². The van der Waals surface area contributed by atoms with Crippen LogP contribution in [0.2, 0.25) is 0 Å². The highest BCUT2D eigenvalue weighted by Crippen LogP contribution is 2.34. The average molecular weight is 312 g/mol. The predicted molar refractivity (Wildman–Crippen MR) is 80.3 cm³/mol. The summed E-state index contributed by atoms with van der Waals surface area (Å²) < 4.78 is 32.6. The molecule has 0 saturated carbocycles. The van der Waals surface area contributed by atoms with Gasteiger partial charge in [0.25, 0.3) is 0 Å². The van der Waals surface area contributed by atoms with Gasteiger partial charge in [0.05, 0.1) is 19.2 Å². The minimum atomic E-state index is -3.65. The van der Waals surface area contributed by atoms with E-state index in [1.165, 1.54) is 22.8 Å². The van der Waals surface area contributed by atoms with Crippen molar-refractivity contribution < 1.29 is 17.9 Å². The number of carbonyl (C=O) groups excluding carboxylic acids is 1. The Labute approximate surface area is 125 Å². The largest absolute Gasteiger partial charge is 0.469 e. The number of hydrogen-bond acceptors (Lipinski definition) is 4. The van der Waals surface area contributed by atoms with Gasteiger partial charge in [-0.3, -0.25) is 9.10 Å². The fourth-order valence-corrected chi connectivity index (χ4v) is 4.08. The Hall–Kier alpha value is -1.60. The smallest absolute Gasteiger partial charge is 0.306 e. The van der Waals surface area contributed by atoms with Gasteiger partial charge in [0.2, 0.25) is 0 Å². The molecule has 0 saturated heterocycles. The van der Waals surface area contributed by atoms with Gasteiger partial charge in [-0.15, -0.1) is 0 Å². The maximum atomic E-state index is 12.7. The fourth-order valence-electron chi connectivity index (χ4n) is 2.51. The summed E-state index contributed by atoms with van der Waals surface area (Å²) >= 11 is 0. The van der Waals surface area contributed by atoms with Gasteiger partial charge in [-0.1, -0.05) is 18.2 Å². The first-order chi connectivity index (χ1) is 9.87. The molecule has 2 rings (SSSR count). The van der Waals surface area contributed by atoms with Gasteiger partial charge in [-0.25, -0.2) is 0 Å². The molecule has 1 aliphatic heterocycles. The molecule has 0 spiro atoms. The van der Waals surface area contributed by atoms with E-state index in [0.29, 0.717) is 6.42 Å². The molecule has 21 heavy (non-hydrogen) atoms. The third-order valence-electron chi connectivity index (χ3n) is 3.65. The van der Waals surface area contributed by atoms with E-state index in [2.05, 4.69) is 4.74 Å². The van der Waals surface area contributed by atoms with Crippen molar-refractivity contribution in [3.8, 4) is 0 Å². The number of esters is 1. The van der Waals surface area contributed by atoms with Crippen molar-refractivity contribution >= 4 is 21.9 Å². The summed E-state index contributed by atoms with van der Waals surface area (Å²) in [7, 11) is -0.881. The maximum Gasteiger partial charge on any atom is 0.306 e. The molecule has 1 aromatic rings. The summed E-state index contributed by atoms with van der Waals surface area (Å²) in [5.41, 5.74) is 1.74. The van der Waals surface area contributed by atoms with Crippen LogP contribution in [0.5, 0.6) is 0 Å². The molecule has 0 aliphatic carbocycles. The molecule has 0 N–H and O–H groups in total. The van der Waals surface area contributed by atoms with Crippen LogP contribution in [-0.2, 0) is 26.2 Å². The Morgan fingerprint density at radius 2 is 2.10 bits per heavy atom. The third-order valence-corrected chi connectivity index (χ3v) is 5.67. The van der Waals surface area contributed by atoms with Crippen LogP contribution < -0.4 is 4.31 Å². The summed E-state index contributed by atoms with van der Waals surface area (Å²) in [6, 6.07) is 7.35. The minimum Gasteiger partial charge on any atom is -0.469 e. The lowest BCUT2D eigenvalue weighted by Crippen LogP contribution is -2.45. The highest BCUT2D eigenvalue weighted by molar-refractivity contribution is 7.90. The lowest BCUT2D eigenvalue weighted by atomic mass is 10.1. The van der Waals surface area contributed by atoms with Gasteiger partial charge >= 0.3 is 16.2 Å². The van der Waals surface area contributed by atoms with E-state index in [1.807, 2.05) is 31.2 Å². The van der Waals surface area contributed by atoms with Crippen LogP contribution in [0.4, 0.5) is 5.69 Å². The first-order valence-corrected chi connectivity index (χ1v) is 8.18. The zero-order valence-corrected chi connectivity index (χ0v) is 13.3. The van der Waals surface area contributed by atoms with E-state index < -0.39 is 16.2 Å². The van der Waals surface area contributed by atoms with E-state index in [0.717, 1.165) is 11.3 Å². The predicted octanol–water partition coefficient (Wildman–Crippen LogP) is 1.18. The van der Waals surface area contributed by atoms with Crippen LogP contribution >= 0.6 is 0 Å². The van der Waals surface area contributed by atoms with Crippen molar-refractivity contribution in [2.24, 2.45) is 0 Å². The molecule has 6 nitrogen and oxygen atoms in total. The molecule has 116 valence electrons. The number of nitrogens with zero attached hydrogens (tertiary/aromatic N) is 2. The van der Waals surface area contributed by atoms with E-state index >= 15 is 0 Å². The topological polar surface area (TPSA) is 66.9 Å². The van der Waals surface area contributed by atoms with Crippen LogP contribution in [0, 0.1) is 0 Å². The number of methoxy groups -OCH3 is 1. The normalized spacial score (nSPS) is 17.9. The molecular weight excluding hydrogens is 292 g/mol. The third kappa shape index (κ3) is 3.03. The van der Waals surface area contributed by atoms with Crippen LogP contribution in [0.25, 0.3) is 0 Å². The summed E-state index contributed by atoms with van der Waals surface area (Å²) in [4.78, 5) is 11.2. The molecule has 1 heterocycles. The molecular formula is C14H20N2O4S. The summed E-state index contributed by atoms with van der Waals surface area (Å²) in [5.74, 6) is -0.424. The Kier molecular flexibility index (Phi) is 4.53. The van der Waals surface area contributed by atoms with Crippen molar-refractivity contribution in [2.75, 3.05) is 25.0 Å². The Morgan fingerprint density at radius 3 is 2.76 bits per heavy atom. The lowest BCUT2D eigenvalue weighted by molar-refractivity contribution is -0.140. The number of para-hydroxylation sites is 1. The minimum absolute atomic E-state index is 0.0378. The summed E-state index contributed by atoms with van der Waals surface area (Å²) in [6.07, 6.45) is 0.732. The number of fused-ring (bicyclic) bond motifs is 1. The van der Waals surface area contributed by atoms with Gasteiger partial charge in [0.15, 0.2) is 0 Å². The molecule has 1 atom stereocenters. The quantitative estimate of drug-likeness (QED) is 0.766. The molecule has 0 radical (unpaired) electrons. The Morgan fingerprint density at radius 1 is 1.43 bits per heavy atom. The molecule has 1 aromatic carbocycles. The first kappa shape index (κ1) is 15.8. The average Bonchev–Trinajstić information content (AvgIpc) is 2.80. The van der Waals surface area contributed by atoms with Crippen LogP contribution in [-0.4, -0.2) is 45.4 Å². The molecule has 0 fully saturated rings. The molecule has 0 amide bonds. The molecule has 1 unspecified atom stereocenters. The SMILES string of the molecule is COC(=O)CCN(C)S(=O)(=O)N1c2ccccc2CC1C. The second-order valence-electron chi connectivity index (χ2n) is 5.13. The van der Waals surface area contributed by atoms with Gasteiger partial charge in [0.1, 0.15) is 0 Å². The number of benzene rings is 1. The highest BCUT2D eigenvalue weighted by atomic mass is 32.2. The van der Waals surface area contributed by atoms with E-state index in [-0.39, 0.29) is 19.0 Å². The van der Waals surface area contributed by atoms with Gasteiger partial charge < -0.3 is 4.74 Å². The van der Waals surface area contributed by atoms with Crippen LogP contribution in [0.3, 0.4) is 0 Å². The number of hydrogen-bond donors (Lipinski definition) is 0. The molecule has 0 aromatic heterocycles. The fraction of sp³-hybridized carbons (Fsp3) is 0.500. The Balaban J connectivity index is 2.21. The van der Waals surface area contributed by atoms with E-state index in [4.69, 9.17) is 0 Å². The second-order valence-corrected chi connectivity index (χ2v) is 7.05. The summed E-state index contributed by atoms with van der Waals surface area (Å²) in [5, 5.41) is 0. The standard InChI is InChI=1S/C14H20N2O4S/c1-11-10-12-6-4-5-7-13(12)16(11)21(18,19)15(2)9-8-14(17)20-3/h4-7,11H,8-10H2,1-3H3. The van der Waals surface area contributed by atoms with Crippen molar-refractivity contribution in [1.29, 1.82) is 0 Å². The zero-order valence-electron chi connectivity index (χ0n) is 12.4. The van der Waals surface area contributed by atoms with Crippen molar-refractivity contribution in [3.63, 3.8) is 0 Å². The maximum absolute atomic E-state index is 12.7. The first-order valence-electron chi connectivity index (χ1n) is 6.78. The van der Waals surface area contributed by atoms with Gasteiger partial charge in [-0.2, -0.15) is 12.7 Å². The molecule has 1 aliphatic rings. The van der Waals surface area contributed by atoms with Crippen LogP contribution in [0.15, 0.2) is 24.3 Å². The van der Waals surface area contributed by atoms with Crippen molar-refractivity contribution in [1.82, 2.24) is 4.31 Å². The Bertz CT molecular complexity index is 630. The zero-order chi connectivity index (χ0) is 15.6. The molecule has 7 heteroatoms. The number of carbonyl (C=O) groups is 1. The molecule has 0 bridgehead atoms. The van der Waals surface area contributed by atoms with Gasteiger partial charge in [0, 0.05) is 19.6 Å². The summed E-state index contributed by atoms with van der Waals surface area (Å²) in [6.45, 7) is 1.98. The van der Waals surface area contributed by atoms with E-state index in [9.17, 15) is 13.2 Å². The van der Waals surface area contributed by atoms with E-state index in [1.54, 1.807) is 0 Å². The van der Waals surface area contributed by atoms with Crippen molar-refractivity contribution in [2.45, 2.75) is 25.8 Å². The second kappa shape index (κ2) is 6.03. The lowest BCUT2D eigenvalue weighted by Gasteiger charge is -2.29. The van der Waals surface area contributed by atoms with Crippen LogP contribution in [0.1, 0.15) is 18.9 Å². The van der Waals surface area contributed by atoms with Gasteiger partial charge in [-0.05, 0) is 25.0 Å². The number of rotatable bonds is 5. The number of anilines is 1. The highest BCUT2D eigenvalue weighted by Gasteiger charge is 2.37.